The quantitative estimate of drug-likeness (QED) is 0.941. The number of nitrogens with one attached hydrogen (secondary N) is 1. The van der Waals surface area contributed by atoms with Crippen molar-refractivity contribution >= 4 is 32.4 Å². The first-order valence-corrected chi connectivity index (χ1v) is 6.00. The van der Waals surface area contributed by atoms with Crippen LogP contribution in [-0.4, -0.2) is 15.2 Å². The van der Waals surface area contributed by atoms with Crippen LogP contribution in [0, 0.1) is 6.92 Å². The van der Waals surface area contributed by atoms with Crippen molar-refractivity contribution in [3.05, 3.63) is 33.5 Å². The van der Waals surface area contributed by atoms with Gasteiger partial charge in [0.2, 0.25) is 5.13 Å². The van der Waals surface area contributed by atoms with Crippen LogP contribution in [0.1, 0.15) is 11.4 Å². The maximum atomic E-state index is 4.38. The van der Waals surface area contributed by atoms with Crippen molar-refractivity contribution in [1.82, 2.24) is 15.2 Å². The lowest BCUT2D eigenvalue weighted by molar-refractivity contribution is 0.990. The first-order chi connectivity index (χ1) is 7.24. The molecule has 2 rings (SSSR count). The Hall–Kier alpha value is -1.01. The smallest absolute Gasteiger partial charge is 0.206 e. The van der Waals surface area contributed by atoms with E-state index in [0.29, 0.717) is 6.54 Å². The maximum absolute atomic E-state index is 4.38. The highest BCUT2D eigenvalue weighted by molar-refractivity contribution is 9.11. The zero-order chi connectivity index (χ0) is 10.7. The zero-order valence-electron chi connectivity index (χ0n) is 8.07. The van der Waals surface area contributed by atoms with Crippen molar-refractivity contribution < 1.29 is 0 Å². The Labute approximate surface area is 99.9 Å². The van der Waals surface area contributed by atoms with E-state index in [1.807, 2.05) is 25.1 Å². The van der Waals surface area contributed by atoms with Crippen LogP contribution < -0.4 is 5.32 Å². The molecule has 0 amide bonds. The molecule has 0 aliphatic rings. The van der Waals surface area contributed by atoms with Crippen molar-refractivity contribution in [1.29, 1.82) is 0 Å². The Kier molecular flexibility index (Phi) is 3.27. The lowest BCUT2D eigenvalue weighted by atomic mass is 10.3. The third kappa shape index (κ3) is 2.97. The molecular weight excluding hydrogens is 276 g/mol. The van der Waals surface area contributed by atoms with E-state index in [2.05, 4.69) is 36.4 Å². The Morgan fingerprint density at radius 2 is 2.27 bits per heavy atom. The summed E-state index contributed by atoms with van der Waals surface area (Å²) in [5.41, 5.74) is 2.02. The number of rotatable bonds is 3. The van der Waals surface area contributed by atoms with Crippen LogP contribution in [0.4, 0.5) is 5.13 Å². The molecule has 2 aromatic heterocycles. The van der Waals surface area contributed by atoms with Gasteiger partial charge in [-0.05, 0) is 35.0 Å². The number of hydrogen-bond donors (Lipinski definition) is 1. The standard InChI is InChI=1S/C9H9BrN4S/c1-6-3-2-4-7(12-6)5-11-9-14-13-8(10)15-9/h2-4H,5H2,1H3,(H,11,14). The van der Waals surface area contributed by atoms with Crippen molar-refractivity contribution in [2.75, 3.05) is 5.32 Å². The molecular formula is C9H9BrN4S. The molecule has 0 radical (unpaired) electrons. The predicted octanol–water partition coefficient (Wildman–Crippen LogP) is 2.62. The topological polar surface area (TPSA) is 50.7 Å². The summed E-state index contributed by atoms with van der Waals surface area (Å²) in [5, 5.41) is 11.7. The Morgan fingerprint density at radius 1 is 1.40 bits per heavy atom. The highest BCUT2D eigenvalue weighted by Crippen LogP contribution is 2.20. The largest absolute Gasteiger partial charge is 0.354 e. The molecule has 78 valence electrons. The van der Waals surface area contributed by atoms with E-state index in [0.717, 1.165) is 20.4 Å². The summed E-state index contributed by atoms with van der Waals surface area (Å²) in [6.07, 6.45) is 0. The number of aromatic nitrogens is 3. The average Bonchev–Trinajstić information content (AvgIpc) is 2.62. The molecule has 2 heterocycles. The lowest BCUT2D eigenvalue weighted by Crippen LogP contribution is -2.01. The summed E-state index contributed by atoms with van der Waals surface area (Å²) in [5.74, 6) is 0. The van der Waals surface area contributed by atoms with Crippen LogP contribution in [0.15, 0.2) is 22.1 Å². The van der Waals surface area contributed by atoms with Crippen LogP contribution in [0.2, 0.25) is 0 Å². The molecule has 0 aliphatic heterocycles. The number of anilines is 1. The minimum atomic E-state index is 0.670. The number of aryl methyl sites for hydroxylation is 1. The molecule has 2 aromatic rings. The maximum Gasteiger partial charge on any atom is 0.206 e. The normalized spacial score (nSPS) is 10.3. The summed E-state index contributed by atoms with van der Waals surface area (Å²) in [6, 6.07) is 5.95. The minimum absolute atomic E-state index is 0.670. The Bertz CT molecular complexity index is 457. The van der Waals surface area contributed by atoms with E-state index in [4.69, 9.17) is 0 Å². The van der Waals surface area contributed by atoms with Gasteiger partial charge in [0.1, 0.15) is 0 Å². The average molecular weight is 285 g/mol. The molecule has 0 aromatic carbocycles. The van der Waals surface area contributed by atoms with Gasteiger partial charge >= 0.3 is 0 Å². The Morgan fingerprint density at radius 3 is 2.93 bits per heavy atom. The summed E-state index contributed by atoms with van der Waals surface area (Å²) in [6.45, 7) is 2.65. The van der Waals surface area contributed by atoms with Gasteiger partial charge in [-0.15, -0.1) is 10.2 Å². The summed E-state index contributed by atoms with van der Waals surface area (Å²) in [4.78, 5) is 4.38. The summed E-state index contributed by atoms with van der Waals surface area (Å²) >= 11 is 4.73. The molecule has 1 N–H and O–H groups in total. The fourth-order valence-electron chi connectivity index (χ4n) is 1.14. The number of halogens is 1. The van der Waals surface area contributed by atoms with Gasteiger partial charge in [0.05, 0.1) is 12.2 Å². The fourth-order valence-corrected chi connectivity index (χ4v) is 2.15. The minimum Gasteiger partial charge on any atom is -0.354 e. The van der Waals surface area contributed by atoms with Gasteiger partial charge in [-0.25, -0.2) is 0 Å². The van der Waals surface area contributed by atoms with Crippen molar-refractivity contribution in [2.45, 2.75) is 13.5 Å². The van der Waals surface area contributed by atoms with Gasteiger partial charge in [0.15, 0.2) is 3.92 Å². The van der Waals surface area contributed by atoms with Crippen molar-refractivity contribution in [2.24, 2.45) is 0 Å². The number of pyridine rings is 1. The zero-order valence-corrected chi connectivity index (χ0v) is 10.5. The molecule has 0 fully saturated rings. The third-order valence-corrected chi connectivity index (χ3v) is 3.08. The van der Waals surface area contributed by atoms with Gasteiger partial charge in [-0.1, -0.05) is 17.4 Å². The van der Waals surface area contributed by atoms with Gasteiger partial charge < -0.3 is 5.32 Å². The van der Waals surface area contributed by atoms with E-state index in [1.54, 1.807) is 0 Å². The molecule has 0 bridgehead atoms. The lowest BCUT2D eigenvalue weighted by Gasteiger charge is -2.01. The van der Waals surface area contributed by atoms with Gasteiger partial charge in [0.25, 0.3) is 0 Å². The molecule has 0 unspecified atom stereocenters. The van der Waals surface area contributed by atoms with E-state index in [1.165, 1.54) is 11.3 Å². The summed E-state index contributed by atoms with van der Waals surface area (Å²) < 4.78 is 0.780. The second-order valence-corrected chi connectivity index (χ2v) is 5.24. The van der Waals surface area contributed by atoms with Crippen LogP contribution in [-0.2, 0) is 6.54 Å². The Balaban J connectivity index is 1.99. The first kappa shape index (κ1) is 10.5. The van der Waals surface area contributed by atoms with Crippen LogP contribution in [0.3, 0.4) is 0 Å². The highest BCUT2D eigenvalue weighted by atomic mass is 79.9. The fraction of sp³-hybridized carbons (Fsp3) is 0.222. The number of hydrogen-bond acceptors (Lipinski definition) is 5. The molecule has 0 saturated heterocycles. The third-order valence-electron chi connectivity index (χ3n) is 1.77. The number of nitrogens with zero attached hydrogens (tertiary/aromatic N) is 3. The van der Waals surface area contributed by atoms with E-state index >= 15 is 0 Å². The van der Waals surface area contributed by atoms with E-state index in [9.17, 15) is 0 Å². The monoisotopic (exact) mass is 284 g/mol. The van der Waals surface area contributed by atoms with Crippen LogP contribution in [0.25, 0.3) is 0 Å². The van der Waals surface area contributed by atoms with E-state index in [-0.39, 0.29) is 0 Å². The molecule has 15 heavy (non-hydrogen) atoms. The first-order valence-electron chi connectivity index (χ1n) is 4.39. The molecule has 0 spiro atoms. The molecule has 6 heteroatoms. The van der Waals surface area contributed by atoms with Gasteiger partial charge in [-0.3, -0.25) is 4.98 Å². The molecule has 4 nitrogen and oxygen atoms in total. The van der Waals surface area contributed by atoms with Crippen LogP contribution >= 0.6 is 27.3 Å². The summed E-state index contributed by atoms with van der Waals surface area (Å²) in [7, 11) is 0. The van der Waals surface area contributed by atoms with Gasteiger partial charge in [0, 0.05) is 5.69 Å². The van der Waals surface area contributed by atoms with Crippen molar-refractivity contribution in [3.8, 4) is 0 Å². The predicted molar refractivity (Wildman–Crippen MR) is 63.9 cm³/mol. The molecule has 0 atom stereocenters. The van der Waals surface area contributed by atoms with Crippen molar-refractivity contribution in [3.63, 3.8) is 0 Å². The SMILES string of the molecule is Cc1cccc(CNc2nnc(Br)s2)n1. The molecule has 0 aliphatic carbocycles. The van der Waals surface area contributed by atoms with E-state index < -0.39 is 0 Å². The van der Waals surface area contributed by atoms with Crippen LogP contribution in [0.5, 0.6) is 0 Å². The second kappa shape index (κ2) is 4.67. The second-order valence-electron chi connectivity index (χ2n) is 2.98. The highest BCUT2D eigenvalue weighted by Gasteiger charge is 2.01. The molecule has 0 saturated carbocycles. The van der Waals surface area contributed by atoms with Gasteiger partial charge in [-0.2, -0.15) is 0 Å².